The molecule has 0 fully saturated rings. The van der Waals surface area contributed by atoms with Crippen LogP contribution in [0.3, 0.4) is 0 Å². The predicted octanol–water partition coefficient (Wildman–Crippen LogP) is 3.05. The summed E-state index contributed by atoms with van der Waals surface area (Å²) in [5.74, 6) is -6.27. The molecular weight excluding hydrogens is 463 g/mol. The largest absolute Gasteiger partial charge is 0.396 e. The van der Waals surface area contributed by atoms with Crippen LogP contribution >= 0.6 is 0 Å². The van der Waals surface area contributed by atoms with Gasteiger partial charge in [-0.1, -0.05) is 20.8 Å². The monoisotopic (exact) mass is 494 g/mol. The number of aliphatic hydroxyl groups is 4. The smallest absolute Gasteiger partial charge is 0.167 e. The fraction of sp³-hybridized carbons (Fsp3) is 0.667. The fourth-order valence-electron chi connectivity index (χ4n) is 1.13. The van der Waals surface area contributed by atoms with E-state index >= 15 is 0 Å². The van der Waals surface area contributed by atoms with Crippen LogP contribution in [0.25, 0.3) is 0 Å². The van der Waals surface area contributed by atoms with Gasteiger partial charge in [0.15, 0.2) is 23.3 Å². The van der Waals surface area contributed by atoms with Crippen molar-refractivity contribution in [1.29, 1.82) is 0 Å². The van der Waals surface area contributed by atoms with Crippen LogP contribution in [-0.4, -0.2) is 47.4 Å². The first-order valence-electron chi connectivity index (χ1n) is 8.55. The number of rotatable bonds is 6. The van der Waals surface area contributed by atoms with E-state index in [2.05, 4.69) is 4.74 Å². The third-order valence-electron chi connectivity index (χ3n) is 2.56. The molecule has 1 rings (SSSR count). The van der Waals surface area contributed by atoms with Gasteiger partial charge in [-0.2, -0.15) is 0 Å². The summed E-state index contributed by atoms with van der Waals surface area (Å²) in [6.45, 7) is 5.05. The van der Waals surface area contributed by atoms with Gasteiger partial charge in [-0.15, -0.1) is 0 Å². The number of benzene rings is 1. The zero-order valence-electron chi connectivity index (χ0n) is 16.9. The molecule has 0 atom stereocenters. The zero-order chi connectivity index (χ0) is 21.8. The van der Waals surface area contributed by atoms with Crippen LogP contribution in [0.2, 0.25) is 0 Å². The molecule has 0 aromatic heterocycles. The van der Waals surface area contributed by atoms with Crippen molar-refractivity contribution in [2.75, 3.05) is 26.9 Å². The van der Waals surface area contributed by atoms with Crippen LogP contribution in [-0.2, 0) is 44.2 Å². The van der Waals surface area contributed by atoms with Gasteiger partial charge in [-0.3, -0.25) is 0 Å². The molecule has 0 saturated heterocycles. The molecule has 0 amide bonds. The molecule has 0 aliphatic carbocycles. The SMILES string of the molecule is CCCO.CCCO.CCCO.COCc1c(F)c(F)c(CO)c(F)c1F.[Zr]. The van der Waals surface area contributed by atoms with Crippen LogP contribution in [0.5, 0.6) is 0 Å². The molecule has 0 unspecified atom stereocenters. The van der Waals surface area contributed by atoms with Crippen molar-refractivity contribution in [2.45, 2.75) is 53.2 Å². The van der Waals surface area contributed by atoms with E-state index < -0.39 is 47.6 Å². The van der Waals surface area contributed by atoms with Crippen molar-refractivity contribution < 1.29 is 68.9 Å². The first kappa shape index (κ1) is 35.1. The molecule has 5 nitrogen and oxygen atoms in total. The van der Waals surface area contributed by atoms with Crippen molar-refractivity contribution >= 4 is 0 Å². The van der Waals surface area contributed by atoms with Gasteiger partial charge in [-0.05, 0) is 19.3 Å². The molecular formula is C18H32F4O5Zr. The summed E-state index contributed by atoms with van der Waals surface area (Å²) < 4.78 is 56.7. The molecule has 0 heterocycles. The van der Waals surface area contributed by atoms with E-state index in [0.29, 0.717) is 19.8 Å². The van der Waals surface area contributed by atoms with Crippen LogP contribution in [0, 0.1) is 23.3 Å². The van der Waals surface area contributed by atoms with Crippen molar-refractivity contribution in [3.8, 4) is 0 Å². The zero-order valence-corrected chi connectivity index (χ0v) is 19.3. The third-order valence-corrected chi connectivity index (χ3v) is 2.56. The van der Waals surface area contributed by atoms with Gasteiger partial charge in [0.2, 0.25) is 0 Å². The van der Waals surface area contributed by atoms with E-state index in [1.54, 1.807) is 0 Å². The minimum atomic E-state index is -1.59. The Bertz CT molecular complexity index is 435. The molecule has 0 saturated carbocycles. The number of methoxy groups -OCH3 is 1. The van der Waals surface area contributed by atoms with Crippen molar-refractivity contribution in [3.05, 3.63) is 34.4 Å². The average molecular weight is 496 g/mol. The second-order valence-corrected chi connectivity index (χ2v) is 4.97. The van der Waals surface area contributed by atoms with Gasteiger partial charge in [0.1, 0.15) is 0 Å². The topological polar surface area (TPSA) is 90.2 Å². The molecule has 4 N–H and O–H groups in total. The molecule has 166 valence electrons. The van der Waals surface area contributed by atoms with E-state index in [4.69, 9.17) is 20.4 Å². The minimum Gasteiger partial charge on any atom is -0.396 e. The quantitative estimate of drug-likeness (QED) is 0.360. The summed E-state index contributed by atoms with van der Waals surface area (Å²) in [5.41, 5.74) is -1.85. The second kappa shape index (κ2) is 24.7. The summed E-state index contributed by atoms with van der Waals surface area (Å²) in [4.78, 5) is 0. The Morgan fingerprint density at radius 2 is 0.893 bits per heavy atom. The molecule has 0 bridgehead atoms. The number of aliphatic hydroxyl groups excluding tert-OH is 4. The molecule has 0 aliphatic heterocycles. The van der Waals surface area contributed by atoms with Gasteiger partial charge >= 0.3 is 0 Å². The standard InChI is InChI=1S/C9H8F4O2.3C3H8O.Zr/c1-15-3-5-8(12)6(10)4(2-14)7(11)9(5)13;3*1-2-3-4;/h14H,2-3H2,1H3;3*4H,2-3H2,1H3;. The van der Waals surface area contributed by atoms with Crippen LogP contribution < -0.4 is 0 Å². The van der Waals surface area contributed by atoms with E-state index in [9.17, 15) is 17.6 Å². The molecule has 0 spiro atoms. The number of ether oxygens (including phenoxy) is 1. The summed E-state index contributed by atoms with van der Waals surface area (Å²) in [6, 6.07) is 0. The van der Waals surface area contributed by atoms with E-state index in [0.717, 1.165) is 26.4 Å². The number of hydrogen-bond donors (Lipinski definition) is 4. The molecule has 10 heteroatoms. The van der Waals surface area contributed by atoms with Crippen LogP contribution in [0.4, 0.5) is 17.6 Å². The Morgan fingerprint density at radius 3 is 1.07 bits per heavy atom. The number of halogens is 4. The summed E-state index contributed by atoms with van der Waals surface area (Å²) in [7, 11) is 1.13. The van der Waals surface area contributed by atoms with Gasteiger partial charge in [-0.25, -0.2) is 17.6 Å². The maximum atomic E-state index is 13.1. The maximum absolute atomic E-state index is 13.1. The van der Waals surface area contributed by atoms with Crippen molar-refractivity contribution in [3.63, 3.8) is 0 Å². The molecule has 0 aliphatic rings. The Labute approximate surface area is 183 Å². The van der Waals surface area contributed by atoms with E-state index in [1.165, 1.54) is 0 Å². The Hall–Kier alpha value is -0.377. The van der Waals surface area contributed by atoms with Crippen molar-refractivity contribution in [1.82, 2.24) is 0 Å². The summed E-state index contributed by atoms with van der Waals surface area (Å²) >= 11 is 0. The van der Waals surface area contributed by atoms with E-state index in [1.807, 2.05) is 20.8 Å². The molecule has 28 heavy (non-hydrogen) atoms. The third kappa shape index (κ3) is 15.5. The minimum absolute atomic E-state index is 0. The fourth-order valence-corrected chi connectivity index (χ4v) is 1.13. The molecule has 0 radical (unpaired) electrons. The van der Waals surface area contributed by atoms with Gasteiger partial charge in [0.05, 0.1) is 24.3 Å². The second-order valence-electron chi connectivity index (χ2n) is 4.97. The molecule has 1 aromatic carbocycles. The normalized spacial score (nSPS) is 9.00. The van der Waals surface area contributed by atoms with E-state index in [-0.39, 0.29) is 26.2 Å². The predicted molar refractivity (Wildman–Crippen MR) is 95.0 cm³/mol. The average Bonchev–Trinajstić information content (AvgIpc) is 2.70. The van der Waals surface area contributed by atoms with Gasteiger partial charge < -0.3 is 25.2 Å². The first-order valence-corrected chi connectivity index (χ1v) is 8.55. The Balaban J connectivity index is -0.000000183. The summed E-state index contributed by atoms with van der Waals surface area (Å²) in [6.07, 6.45) is 2.62. The first-order chi connectivity index (χ1) is 12.8. The molecule has 1 aromatic rings. The van der Waals surface area contributed by atoms with Crippen molar-refractivity contribution in [2.24, 2.45) is 0 Å². The summed E-state index contributed by atoms with van der Waals surface area (Å²) in [5, 5.41) is 32.1. The van der Waals surface area contributed by atoms with Gasteiger partial charge in [0, 0.05) is 53.1 Å². The van der Waals surface area contributed by atoms with Gasteiger partial charge in [0.25, 0.3) is 0 Å². The number of hydrogen-bond acceptors (Lipinski definition) is 5. The maximum Gasteiger partial charge on any atom is 0.167 e. The Kier molecular flexibility index (Phi) is 30.9. The van der Waals surface area contributed by atoms with Crippen LogP contribution in [0.1, 0.15) is 51.2 Å². The van der Waals surface area contributed by atoms with Crippen LogP contribution in [0.15, 0.2) is 0 Å². The Morgan fingerprint density at radius 1 is 0.643 bits per heavy atom.